The Bertz CT molecular complexity index is 714. The van der Waals surface area contributed by atoms with E-state index in [-0.39, 0.29) is 12.1 Å². The van der Waals surface area contributed by atoms with Crippen LogP contribution in [0.25, 0.3) is 5.57 Å². The molecule has 0 bridgehead atoms. The second-order valence-electron chi connectivity index (χ2n) is 7.92. The largest absolute Gasteiger partial charge is 0.450 e. The number of carbonyl (C=O) groups excluding carboxylic acids is 1. The van der Waals surface area contributed by atoms with Gasteiger partial charge in [0, 0.05) is 31.2 Å². The number of unbranched alkanes of at least 4 members (excludes halogenated alkanes) is 2. The molecule has 1 saturated heterocycles. The van der Waals surface area contributed by atoms with Crippen LogP contribution in [-0.4, -0.2) is 53.2 Å². The predicted molar refractivity (Wildman–Crippen MR) is 112 cm³/mol. The minimum absolute atomic E-state index is 0.183. The van der Waals surface area contributed by atoms with Gasteiger partial charge in [0.1, 0.15) is 12.1 Å². The molecule has 0 N–H and O–H groups in total. The summed E-state index contributed by atoms with van der Waals surface area (Å²) in [4.78, 5) is 25.5. The summed E-state index contributed by atoms with van der Waals surface area (Å²) in [6, 6.07) is 0.183. The molecule has 1 unspecified atom stereocenters. The number of aromatic nitrogens is 2. The molecule has 1 aliphatic carbocycles. The Labute approximate surface area is 169 Å². The van der Waals surface area contributed by atoms with E-state index in [0.717, 1.165) is 24.5 Å². The van der Waals surface area contributed by atoms with Crippen molar-refractivity contribution in [2.45, 2.75) is 65.8 Å². The van der Waals surface area contributed by atoms with Gasteiger partial charge in [0.15, 0.2) is 0 Å². The van der Waals surface area contributed by atoms with Gasteiger partial charge in [-0.05, 0) is 51.5 Å². The third-order valence-electron chi connectivity index (χ3n) is 5.67. The molecule has 6 nitrogen and oxygen atoms in total. The maximum Gasteiger partial charge on any atom is 0.409 e. The quantitative estimate of drug-likeness (QED) is 0.649. The molecular weight excluding hydrogens is 352 g/mol. The predicted octanol–water partition coefficient (Wildman–Crippen LogP) is 4.44. The number of allylic oxidation sites excluding steroid dienone is 2. The summed E-state index contributed by atoms with van der Waals surface area (Å²) in [5, 5.41) is 0. The van der Waals surface area contributed by atoms with Crippen molar-refractivity contribution in [2.24, 2.45) is 5.92 Å². The van der Waals surface area contributed by atoms with E-state index in [9.17, 15) is 4.79 Å². The van der Waals surface area contributed by atoms with Gasteiger partial charge in [0.05, 0.1) is 12.3 Å². The number of anilines is 1. The van der Waals surface area contributed by atoms with Gasteiger partial charge in [0.2, 0.25) is 0 Å². The summed E-state index contributed by atoms with van der Waals surface area (Å²) in [7, 11) is 0. The maximum absolute atomic E-state index is 12.1. The summed E-state index contributed by atoms with van der Waals surface area (Å²) in [5.41, 5.74) is 3.71. The number of piperazine rings is 1. The second-order valence-corrected chi connectivity index (χ2v) is 7.92. The Morgan fingerprint density at radius 1 is 1.29 bits per heavy atom. The van der Waals surface area contributed by atoms with Gasteiger partial charge in [-0.1, -0.05) is 25.8 Å². The van der Waals surface area contributed by atoms with Crippen LogP contribution in [0, 0.1) is 12.8 Å². The Morgan fingerprint density at radius 2 is 2.07 bits per heavy atom. The van der Waals surface area contributed by atoms with Crippen molar-refractivity contribution in [3.63, 3.8) is 0 Å². The van der Waals surface area contributed by atoms with Crippen molar-refractivity contribution < 1.29 is 9.53 Å². The summed E-state index contributed by atoms with van der Waals surface area (Å²) in [6.07, 6.45) is 9.94. The monoisotopic (exact) mass is 386 g/mol. The Balaban J connectivity index is 1.86. The second kappa shape index (κ2) is 9.39. The number of nitrogens with zero attached hydrogens (tertiary/aromatic N) is 4. The van der Waals surface area contributed by atoms with Crippen LogP contribution in [0.5, 0.6) is 0 Å². The van der Waals surface area contributed by atoms with Crippen molar-refractivity contribution in [2.75, 3.05) is 31.1 Å². The molecule has 1 amide bonds. The highest BCUT2D eigenvalue weighted by Crippen LogP contribution is 2.45. The Kier molecular flexibility index (Phi) is 6.92. The van der Waals surface area contributed by atoms with Crippen molar-refractivity contribution in [1.82, 2.24) is 14.9 Å². The van der Waals surface area contributed by atoms with Crippen LogP contribution >= 0.6 is 0 Å². The van der Waals surface area contributed by atoms with E-state index in [4.69, 9.17) is 9.72 Å². The van der Waals surface area contributed by atoms with Crippen molar-refractivity contribution in [3.8, 4) is 0 Å². The van der Waals surface area contributed by atoms with Crippen LogP contribution in [0.2, 0.25) is 0 Å². The molecule has 1 aromatic heterocycles. The topological polar surface area (TPSA) is 58.6 Å². The van der Waals surface area contributed by atoms with E-state index in [1.54, 1.807) is 11.2 Å². The van der Waals surface area contributed by atoms with E-state index >= 15 is 0 Å². The van der Waals surface area contributed by atoms with Gasteiger partial charge in [-0.15, -0.1) is 0 Å². The van der Waals surface area contributed by atoms with Crippen LogP contribution in [0.4, 0.5) is 10.6 Å². The minimum Gasteiger partial charge on any atom is -0.450 e. The number of amides is 1. The molecule has 154 valence electrons. The van der Waals surface area contributed by atoms with E-state index in [1.807, 2.05) is 6.92 Å². The molecule has 0 aromatic carbocycles. The van der Waals surface area contributed by atoms with Crippen molar-refractivity contribution >= 4 is 17.5 Å². The van der Waals surface area contributed by atoms with Crippen LogP contribution in [0.15, 0.2) is 12.4 Å². The lowest BCUT2D eigenvalue weighted by atomic mass is 9.97. The van der Waals surface area contributed by atoms with Crippen molar-refractivity contribution in [3.05, 3.63) is 23.7 Å². The summed E-state index contributed by atoms with van der Waals surface area (Å²) in [6.45, 7) is 10.8. The van der Waals surface area contributed by atoms with Crippen molar-refractivity contribution in [1.29, 1.82) is 0 Å². The molecule has 1 atom stereocenters. The minimum atomic E-state index is -0.216. The fourth-order valence-electron chi connectivity index (χ4n) is 4.00. The first kappa shape index (κ1) is 20.6. The standard InChI is InChI=1S/C22H34N4O2/c1-5-7-8-9-19(18-10-11-18)20-17(4)23-15-24-21(20)26-13-12-25(14-16(26)3)22(27)28-6-2/h9,15-16,18H,5-8,10-14H2,1-4H3/b19-9-. The first-order chi connectivity index (χ1) is 13.6. The molecule has 1 saturated carbocycles. The first-order valence-corrected chi connectivity index (χ1v) is 10.8. The average molecular weight is 387 g/mol. The van der Waals surface area contributed by atoms with E-state index in [1.165, 1.54) is 36.8 Å². The number of rotatable bonds is 7. The Morgan fingerprint density at radius 3 is 2.71 bits per heavy atom. The number of ether oxygens (including phenoxy) is 1. The van der Waals surface area contributed by atoms with Crippen LogP contribution in [0.3, 0.4) is 0 Å². The van der Waals surface area contributed by atoms with Gasteiger partial charge in [-0.25, -0.2) is 14.8 Å². The molecule has 1 aromatic rings. The third kappa shape index (κ3) is 4.65. The molecule has 0 spiro atoms. The van der Waals surface area contributed by atoms with Crippen LogP contribution < -0.4 is 4.90 Å². The molecule has 6 heteroatoms. The van der Waals surface area contributed by atoms with Crippen LogP contribution in [0.1, 0.15) is 64.1 Å². The zero-order valence-corrected chi connectivity index (χ0v) is 17.8. The lowest BCUT2D eigenvalue weighted by Crippen LogP contribution is -2.54. The van der Waals surface area contributed by atoms with Crippen LogP contribution in [-0.2, 0) is 4.74 Å². The lowest BCUT2D eigenvalue weighted by molar-refractivity contribution is 0.100. The molecule has 2 fully saturated rings. The number of carbonyl (C=O) groups is 1. The van der Waals surface area contributed by atoms with Gasteiger partial charge in [-0.3, -0.25) is 0 Å². The Hall–Kier alpha value is -2.11. The highest BCUT2D eigenvalue weighted by molar-refractivity contribution is 5.79. The zero-order chi connectivity index (χ0) is 20.1. The normalized spacial score (nSPS) is 20.4. The molecule has 28 heavy (non-hydrogen) atoms. The molecular formula is C22H34N4O2. The molecule has 0 radical (unpaired) electrons. The van der Waals surface area contributed by atoms with E-state index in [2.05, 4.69) is 36.7 Å². The first-order valence-electron chi connectivity index (χ1n) is 10.8. The highest BCUT2D eigenvalue weighted by Gasteiger charge is 2.34. The maximum atomic E-state index is 12.1. The smallest absolute Gasteiger partial charge is 0.409 e. The van der Waals surface area contributed by atoms with Gasteiger partial charge in [-0.2, -0.15) is 0 Å². The number of aryl methyl sites for hydroxylation is 1. The number of hydrogen-bond donors (Lipinski definition) is 0. The molecule has 3 rings (SSSR count). The van der Waals surface area contributed by atoms with Gasteiger partial charge in [0.25, 0.3) is 0 Å². The third-order valence-corrected chi connectivity index (χ3v) is 5.67. The lowest BCUT2D eigenvalue weighted by Gasteiger charge is -2.40. The molecule has 2 aliphatic rings. The number of hydrogen-bond acceptors (Lipinski definition) is 5. The highest BCUT2D eigenvalue weighted by atomic mass is 16.6. The fourth-order valence-corrected chi connectivity index (χ4v) is 4.00. The summed E-state index contributed by atoms with van der Waals surface area (Å²) in [5.74, 6) is 1.68. The SMILES string of the molecule is CCCC/C=C(\c1c(C)ncnc1N1CCN(C(=O)OCC)CC1C)C1CC1. The van der Waals surface area contributed by atoms with E-state index in [0.29, 0.717) is 25.6 Å². The molecule has 2 heterocycles. The average Bonchev–Trinajstić information content (AvgIpc) is 3.51. The van der Waals surface area contributed by atoms with E-state index < -0.39 is 0 Å². The summed E-state index contributed by atoms with van der Waals surface area (Å²) >= 11 is 0. The van der Waals surface area contributed by atoms with Gasteiger partial charge < -0.3 is 14.5 Å². The fraction of sp³-hybridized carbons (Fsp3) is 0.682. The zero-order valence-electron chi connectivity index (χ0n) is 17.8. The van der Waals surface area contributed by atoms with Gasteiger partial charge >= 0.3 is 6.09 Å². The summed E-state index contributed by atoms with van der Waals surface area (Å²) < 4.78 is 5.18. The molecule has 1 aliphatic heterocycles.